The van der Waals surface area contributed by atoms with Gasteiger partial charge in [0.25, 0.3) is 0 Å². The summed E-state index contributed by atoms with van der Waals surface area (Å²) in [7, 11) is 0. The Bertz CT molecular complexity index is 2660. The predicted octanol–water partition coefficient (Wildman–Crippen LogP) is 16.1. The molecule has 0 amide bonds. The Balaban J connectivity index is 1.25. The number of fused-ring (bicyclic) bond motifs is 2. The first-order chi connectivity index (χ1) is 28.9. The van der Waals surface area contributed by atoms with Gasteiger partial charge in [-0.05, 0) is 147 Å². The fourth-order valence-electron chi connectivity index (χ4n) is 8.29. The van der Waals surface area contributed by atoms with E-state index in [1.165, 1.54) is 61.0 Å². The summed E-state index contributed by atoms with van der Waals surface area (Å²) in [5.74, 6) is 0. The van der Waals surface area contributed by atoms with Gasteiger partial charge in [-0.2, -0.15) is 0 Å². The summed E-state index contributed by atoms with van der Waals surface area (Å²) >= 11 is 0. The maximum absolute atomic E-state index is 4.65. The van der Waals surface area contributed by atoms with Crippen LogP contribution >= 0.6 is 0 Å². The van der Waals surface area contributed by atoms with Gasteiger partial charge in [0.15, 0.2) is 0 Å². The Kier molecular flexibility index (Phi) is 13.3. The van der Waals surface area contributed by atoms with Crippen LogP contribution in [-0.4, -0.2) is 4.98 Å². The van der Waals surface area contributed by atoms with Crippen LogP contribution in [0.3, 0.4) is 0 Å². The minimum absolute atomic E-state index is 0.818. The number of hydrogen-bond acceptors (Lipinski definition) is 1. The summed E-state index contributed by atoms with van der Waals surface area (Å²) in [5, 5.41) is 2.34. The Morgan fingerprint density at radius 1 is 0.780 bits per heavy atom. The van der Waals surface area contributed by atoms with Crippen LogP contribution in [0.5, 0.6) is 0 Å². The van der Waals surface area contributed by atoms with Crippen LogP contribution in [0.4, 0.5) is 0 Å². The third-order valence-corrected chi connectivity index (χ3v) is 11.5. The van der Waals surface area contributed by atoms with Crippen molar-refractivity contribution in [2.75, 3.05) is 0 Å². The number of rotatable bonds is 14. The Morgan fingerprint density at radius 2 is 1.49 bits per heavy atom. The molecular weight excluding hydrogens is 711 g/mol. The Labute approximate surface area is 352 Å². The van der Waals surface area contributed by atoms with Crippen molar-refractivity contribution in [1.29, 1.82) is 0 Å². The molecule has 0 N–H and O–H groups in total. The summed E-state index contributed by atoms with van der Waals surface area (Å²) in [6.45, 7) is 17.5. The molecule has 59 heavy (non-hydrogen) atoms. The van der Waals surface area contributed by atoms with Crippen LogP contribution in [0.2, 0.25) is 0 Å². The molecular formula is C58H55N. The number of aromatic nitrogens is 1. The second kappa shape index (κ2) is 19.2. The van der Waals surface area contributed by atoms with Crippen molar-refractivity contribution >= 4 is 34.1 Å². The number of benzene rings is 5. The number of aryl methyl sites for hydroxylation is 1. The summed E-state index contributed by atoms with van der Waals surface area (Å²) in [4.78, 5) is 4.57. The van der Waals surface area contributed by atoms with Gasteiger partial charge in [-0.15, -0.1) is 0 Å². The van der Waals surface area contributed by atoms with Crippen LogP contribution in [-0.2, 0) is 6.42 Å². The minimum atomic E-state index is 0.818. The molecule has 1 nitrogen and oxygen atoms in total. The molecule has 0 fully saturated rings. The zero-order valence-corrected chi connectivity index (χ0v) is 35.1. The van der Waals surface area contributed by atoms with E-state index in [1.807, 2.05) is 18.5 Å². The molecule has 1 heteroatoms. The van der Waals surface area contributed by atoms with Crippen LogP contribution in [0.1, 0.15) is 84.0 Å². The zero-order valence-electron chi connectivity index (χ0n) is 35.1. The summed E-state index contributed by atoms with van der Waals surface area (Å²) < 4.78 is 0. The monoisotopic (exact) mass is 765 g/mol. The standard InChI is InChI=1S/C58H55N/c1-7-10-25-54-43(6)53-27-17-14-23-50(53)38-57(54)48-33-29-46(30-34-48)56(47-31-35-49(36-32-47)58-40-59-39-51-24-15-18-28-55(51)58)37-42(5)44(9-3)21-12-13-22-45(19-8-2)52-26-16-11-20-41(52)4/h8,10-16,18-21,23-26,28-40H,2,5,7,9,17,22,27H2,1,3-4,6H3/b13-12-,25-10-,44-21+,45-19-,56-37+. The van der Waals surface area contributed by atoms with Crippen molar-refractivity contribution < 1.29 is 0 Å². The lowest BCUT2D eigenvalue weighted by Crippen LogP contribution is -2.02. The molecule has 5 aromatic carbocycles. The molecule has 6 aromatic rings. The molecule has 0 spiro atoms. The molecule has 1 heterocycles. The van der Waals surface area contributed by atoms with Crippen molar-refractivity contribution in [3.63, 3.8) is 0 Å². The lowest BCUT2D eigenvalue weighted by molar-refractivity contribution is 0.970. The van der Waals surface area contributed by atoms with Crippen molar-refractivity contribution in [2.45, 2.75) is 59.8 Å². The highest BCUT2D eigenvalue weighted by atomic mass is 14.6. The van der Waals surface area contributed by atoms with E-state index in [9.17, 15) is 0 Å². The maximum atomic E-state index is 4.65. The second-order valence-electron chi connectivity index (χ2n) is 15.3. The van der Waals surface area contributed by atoms with Crippen molar-refractivity contribution in [3.8, 4) is 22.3 Å². The molecule has 0 radical (unpaired) electrons. The van der Waals surface area contributed by atoms with E-state index in [2.05, 4.69) is 204 Å². The molecule has 0 atom stereocenters. The SMILES string of the molecule is C=C/C=C(/C/C=C\C=C(/CC)C(=C)/C=C(\c1ccc(-c2cc3c(c(C)c2/C=C\CC)CCC=C3)cc1)c1ccc(-c2cncc3ccccc23)cc1)c1ccccc1C. The van der Waals surface area contributed by atoms with Gasteiger partial charge in [0.1, 0.15) is 0 Å². The van der Waals surface area contributed by atoms with E-state index in [-0.39, 0.29) is 0 Å². The Hall–Kier alpha value is -6.57. The first-order valence-electron chi connectivity index (χ1n) is 21.1. The van der Waals surface area contributed by atoms with Gasteiger partial charge in [0, 0.05) is 23.3 Å². The molecule has 1 aromatic heterocycles. The average molecular weight is 766 g/mol. The van der Waals surface area contributed by atoms with Crippen molar-refractivity contribution in [1.82, 2.24) is 4.98 Å². The summed E-state index contributed by atoms with van der Waals surface area (Å²) in [6, 6.07) is 37.5. The van der Waals surface area contributed by atoms with E-state index < -0.39 is 0 Å². The number of hydrogen-bond donors (Lipinski definition) is 0. The first kappa shape index (κ1) is 40.6. The van der Waals surface area contributed by atoms with Gasteiger partial charge in [-0.1, -0.05) is 179 Å². The third kappa shape index (κ3) is 9.27. The minimum Gasteiger partial charge on any atom is -0.263 e. The van der Waals surface area contributed by atoms with Gasteiger partial charge in [0.05, 0.1) is 0 Å². The summed E-state index contributed by atoms with van der Waals surface area (Å²) in [5.41, 5.74) is 19.7. The number of nitrogens with zero attached hydrogens (tertiary/aromatic N) is 1. The molecule has 1 aliphatic rings. The topological polar surface area (TPSA) is 12.9 Å². The largest absolute Gasteiger partial charge is 0.263 e. The predicted molar refractivity (Wildman–Crippen MR) is 258 cm³/mol. The van der Waals surface area contributed by atoms with Crippen LogP contribution in [0.25, 0.3) is 56.3 Å². The average Bonchev–Trinajstić information content (AvgIpc) is 3.27. The van der Waals surface area contributed by atoms with E-state index in [0.29, 0.717) is 0 Å². The molecule has 1 aliphatic carbocycles. The molecule has 0 saturated heterocycles. The quantitative estimate of drug-likeness (QED) is 0.101. The van der Waals surface area contributed by atoms with E-state index in [0.717, 1.165) is 70.9 Å². The van der Waals surface area contributed by atoms with Gasteiger partial charge in [-0.3, -0.25) is 4.98 Å². The van der Waals surface area contributed by atoms with E-state index >= 15 is 0 Å². The number of allylic oxidation sites excluding steroid dienone is 11. The Morgan fingerprint density at radius 3 is 2.20 bits per heavy atom. The van der Waals surface area contributed by atoms with E-state index in [1.54, 1.807) is 0 Å². The van der Waals surface area contributed by atoms with E-state index in [4.69, 9.17) is 0 Å². The first-order valence-corrected chi connectivity index (χ1v) is 21.1. The molecule has 292 valence electrons. The van der Waals surface area contributed by atoms with Crippen LogP contribution < -0.4 is 0 Å². The lowest BCUT2D eigenvalue weighted by atomic mass is 9.84. The smallest absolute Gasteiger partial charge is 0.0352 e. The molecule has 0 saturated carbocycles. The highest BCUT2D eigenvalue weighted by Gasteiger charge is 2.17. The second-order valence-corrected chi connectivity index (χ2v) is 15.3. The van der Waals surface area contributed by atoms with Crippen LogP contribution in [0.15, 0.2) is 188 Å². The van der Waals surface area contributed by atoms with Gasteiger partial charge in [-0.25, -0.2) is 0 Å². The lowest BCUT2D eigenvalue weighted by Gasteiger charge is -2.20. The number of pyridine rings is 1. The third-order valence-electron chi connectivity index (χ3n) is 11.5. The van der Waals surface area contributed by atoms with Crippen molar-refractivity contribution in [3.05, 3.63) is 233 Å². The highest BCUT2D eigenvalue weighted by molar-refractivity contribution is 5.96. The zero-order chi connectivity index (χ0) is 41.1. The van der Waals surface area contributed by atoms with Crippen molar-refractivity contribution in [2.24, 2.45) is 0 Å². The highest BCUT2D eigenvalue weighted by Crippen LogP contribution is 2.37. The molecule has 7 rings (SSSR count). The molecule has 0 aliphatic heterocycles. The summed E-state index contributed by atoms with van der Waals surface area (Å²) in [6.07, 6.45) is 30.9. The molecule has 0 unspecified atom stereocenters. The fourth-order valence-corrected chi connectivity index (χ4v) is 8.29. The van der Waals surface area contributed by atoms with Gasteiger partial charge in [0.2, 0.25) is 0 Å². The molecule has 0 bridgehead atoms. The normalized spacial score (nSPS) is 13.4. The van der Waals surface area contributed by atoms with Gasteiger partial charge >= 0.3 is 0 Å². The van der Waals surface area contributed by atoms with Crippen LogP contribution in [0, 0.1) is 13.8 Å². The van der Waals surface area contributed by atoms with Gasteiger partial charge < -0.3 is 0 Å². The maximum Gasteiger partial charge on any atom is 0.0352 e. The fraction of sp³-hybridized carbons (Fsp3) is 0.155.